The monoisotopic (exact) mass is 264 g/mol. The highest BCUT2D eigenvalue weighted by molar-refractivity contribution is 5.87. The fourth-order valence-electron chi connectivity index (χ4n) is 1.87. The van der Waals surface area contributed by atoms with Crippen molar-refractivity contribution in [1.29, 1.82) is 0 Å². The fraction of sp³-hybridized carbons (Fsp3) is 0.500. The molecule has 0 bridgehead atoms. The van der Waals surface area contributed by atoms with Crippen LogP contribution in [0.3, 0.4) is 0 Å². The van der Waals surface area contributed by atoms with E-state index in [1.165, 1.54) is 0 Å². The second-order valence-corrected chi connectivity index (χ2v) is 4.70. The molecule has 3 N–H and O–H groups in total. The van der Waals surface area contributed by atoms with Gasteiger partial charge in [0.2, 0.25) is 0 Å². The predicted molar refractivity (Wildman–Crippen MR) is 66.4 cm³/mol. The van der Waals surface area contributed by atoms with Gasteiger partial charge in [-0.05, 0) is 26.2 Å². The van der Waals surface area contributed by atoms with Gasteiger partial charge in [0, 0.05) is 6.20 Å². The molecular formula is C12H16N4O3. The minimum absolute atomic E-state index is 0.217. The summed E-state index contributed by atoms with van der Waals surface area (Å²) >= 11 is 0. The number of aryl methyl sites for hydroxylation is 1. The first-order valence-electron chi connectivity index (χ1n) is 6.09. The number of nitrogens with one attached hydrogen (secondary N) is 2. The molecule has 0 spiro atoms. The van der Waals surface area contributed by atoms with Crippen molar-refractivity contribution in [3.8, 4) is 0 Å². The smallest absolute Gasteiger partial charge is 0.329 e. The summed E-state index contributed by atoms with van der Waals surface area (Å²) in [5.74, 6) is -0.982. The molecule has 0 saturated heterocycles. The average molecular weight is 264 g/mol. The third kappa shape index (κ3) is 2.98. The van der Waals surface area contributed by atoms with Crippen LogP contribution >= 0.6 is 0 Å². The lowest BCUT2D eigenvalue weighted by Gasteiger charge is -2.38. The molecule has 7 heteroatoms. The zero-order chi connectivity index (χ0) is 13.9. The molecular weight excluding hydrogens is 248 g/mol. The fourth-order valence-corrected chi connectivity index (χ4v) is 1.87. The molecule has 102 valence electrons. The quantitative estimate of drug-likeness (QED) is 0.738. The zero-order valence-electron chi connectivity index (χ0n) is 10.6. The molecule has 7 nitrogen and oxygen atoms in total. The van der Waals surface area contributed by atoms with Crippen LogP contribution in [-0.2, 0) is 11.3 Å². The van der Waals surface area contributed by atoms with E-state index in [2.05, 4.69) is 20.6 Å². The van der Waals surface area contributed by atoms with Crippen molar-refractivity contribution in [1.82, 2.24) is 20.6 Å². The highest BCUT2D eigenvalue weighted by atomic mass is 16.4. The molecule has 1 saturated carbocycles. The van der Waals surface area contributed by atoms with Crippen molar-refractivity contribution in [2.75, 3.05) is 0 Å². The summed E-state index contributed by atoms with van der Waals surface area (Å²) in [4.78, 5) is 30.9. The summed E-state index contributed by atoms with van der Waals surface area (Å²) in [5, 5.41) is 14.2. The van der Waals surface area contributed by atoms with Gasteiger partial charge < -0.3 is 15.7 Å². The van der Waals surface area contributed by atoms with Crippen molar-refractivity contribution in [2.24, 2.45) is 0 Å². The van der Waals surface area contributed by atoms with Gasteiger partial charge in [-0.1, -0.05) is 0 Å². The van der Waals surface area contributed by atoms with Crippen LogP contribution in [0.1, 0.15) is 30.7 Å². The molecule has 0 aromatic carbocycles. The minimum Gasteiger partial charge on any atom is -0.480 e. The van der Waals surface area contributed by atoms with E-state index in [-0.39, 0.29) is 6.54 Å². The minimum atomic E-state index is -1.09. The molecule has 1 heterocycles. The van der Waals surface area contributed by atoms with Gasteiger partial charge in [-0.15, -0.1) is 0 Å². The van der Waals surface area contributed by atoms with Gasteiger partial charge >= 0.3 is 12.0 Å². The maximum atomic E-state index is 11.7. The van der Waals surface area contributed by atoms with Gasteiger partial charge in [-0.3, -0.25) is 9.97 Å². The molecule has 1 fully saturated rings. The van der Waals surface area contributed by atoms with Gasteiger partial charge in [0.15, 0.2) is 0 Å². The largest absolute Gasteiger partial charge is 0.480 e. The van der Waals surface area contributed by atoms with Crippen LogP contribution in [-0.4, -0.2) is 32.6 Å². The van der Waals surface area contributed by atoms with E-state index in [0.29, 0.717) is 18.5 Å². The Balaban J connectivity index is 1.85. The Hall–Kier alpha value is -2.18. The van der Waals surface area contributed by atoms with Crippen LogP contribution in [0.2, 0.25) is 0 Å². The Labute approximate surface area is 110 Å². The summed E-state index contributed by atoms with van der Waals surface area (Å²) in [6.07, 6.45) is 4.95. The molecule has 0 radical (unpaired) electrons. The first-order valence-corrected chi connectivity index (χ1v) is 6.09. The number of hydrogen-bond acceptors (Lipinski definition) is 4. The van der Waals surface area contributed by atoms with Gasteiger partial charge in [0.25, 0.3) is 0 Å². The molecule has 1 aliphatic rings. The number of carbonyl (C=O) groups excluding carboxylic acids is 1. The van der Waals surface area contributed by atoms with Crippen LogP contribution in [0.5, 0.6) is 0 Å². The lowest BCUT2D eigenvalue weighted by atomic mass is 9.77. The molecule has 0 atom stereocenters. The SMILES string of the molecule is Cc1cnc(CNC(=O)NC2(C(=O)O)CCC2)cn1. The number of amides is 2. The van der Waals surface area contributed by atoms with E-state index >= 15 is 0 Å². The zero-order valence-corrected chi connectivity index (χ0v) is 10.6. The first-order chi connectivity index (χ1) is 9.02. The summed E-state index contributed by atoms with van der Waals surface area (Å²) in [7, 11) is 0. The van der Waals surface area contributed by atoms with Gasteiger partial charge in [-0.2, -0.15) is 0 Å². The maximum absolute atomic E-state index is 11.7. The van der Waals surface area contributed by atoms with E-state index in [1.54, 1.807) is 12.4 Å². The Kier molecular flexibility index (Phi) is 3.64. The van der Waals surface area contributed by atoms with Crippen molar-refractivity contribution in [3.05, 3.63) is 23.8 Å². The number of urea groups is 1. The maximum Gasteiger partial charge on any atom is 0.329 e. The Morgan fingerprint density at radius 3 is 2.58 bits per heavy atom. The number of nitrogens with zero attached hydrogens (tertiary/aromatic N) is 2. The number of aromatic nitrogens is 2. The molecule has 1 aromatic rings. The number of aliphatic carboxylic acids is 1. The Morgan fingerprint density at radius 1 is 1.37 bits per heavy atom. The highest BCUT2D eigenvalue weighted by Gasteiger charge is 2.45. The van der Waals surface area contributed by atoms with Crippen LogP contribution in [0.4, 0.5) is 4.79 Å². The number of carboxylic acid groups (broad SMARTS) is 1. The molecule has 19 heavy (non-hydrogen) atoms. The second-order valence-electron chi connectivity index (χ2n) is 4.70. The summed E-state index contributed by atoms with van der Waals surface area (Å²) in [6, 6.07) is -0.496. The summed E-state index contributed by atoms with van der Waals surface area (Å²) < 4.78 is 0. The van der Waals surface area contributed by atoms with Gasteiger partial charge in [-0.25, -0.2) is 9.59 Å². The summed E-state index contributed by atoms with van der Waals surface area (Å²) in [5.41, 5.74) is 0.328. The average Bonchev–Trinajstić information content (AvgIpc) is 2.32. The number of carbonyl (C=O) groups is 2. The topological polar surface area (TPSA) is 104 Å². The van der Waals surface area contributed by atoms with Crippen LogP contribution in [0.15, 0.2) is 12.4 Å². The second kappa shape index (κ2) is 5.21. The van der Waals surface area contributed by atoms with Crippen molar-refractivity contribution in [3.63, 3.8) is 0 Å². The van der Waals surface area contributed by atoms with Gasteiger partial charge in [0.05, 0.1) is 24.1 Å². The van der Waals surface area contributed by atoms with Crippen molar-refractivity contribution >= 4 is 12.0 Å². The number of rotatable bonds is 4. The van der Waals surface area contributed by atoms with Gasteiger partial charge in [0.1, 0.15) is 5.54 Å². The predicted octanol–water partition coefficient (Wildman–Crippen LogP) is 0.592. The molecule has 2 amide bonds. The summed E-state index contributed by atoms with van der Waals surface area (Å²) in [6.45, 7) is 2.04. The number of carboxylic acids is 1. The molecule has 0 unspecified atom stereocenters. The molecule has 1 aromatic heterocycles. The van der Waals surface area contributed by atoms with E-state index in [4.69, 9.17) is 5.11 Å². The lowest BCUT2D eigenvalue weighted by Crippen LogP contribution is -2.61. The molecule has 2 rings (SSSR count). The normalized spacial score (nSPS) is 16.3. The van der Waals surface area contributed by atoms with E-state index in [1.807, 2.05) is 6.92 Å². The number of hydrogen-bond donors (Lipinski definition) is 3. The third-order valence-electron chi connectivity index (χ3n) is 3.23. The Bertz CT molecular complexity index is 482. The van der Waals surface area contributed by atoms with E-state index in [9.17, 15) is 9.59 Å². The van der Waals surface area contributed by atoms with E-state index < -0.39 is 17.5 Å². The van der Waals surface area contributed by atoms with Crippen LogP contribution in [0, 0.1) is 6.92 Å². The molecule has 1 aliphatic carbocycles. The first kappa shape index (κ1) is 13.3. The Morgan fingerprint density at radius 2 is 2.11 bits per heavy atom. The van der Waals surface area contributed by atoms with Crippen molar-refractivity contribution in [2.45, 2.75) is 38.3 Å². The molecule has 0 aliphatic heterocycles. The lowest BCUT2D eigenvalue weighted by molar-refractivity contribution is -0.148. The van der Waals surface area contributed by atoms with Crippen LogP contribution in [0.25, 0.3) is 0 Å². The van der Waals surface area contributed by atoms with E-state index in [0.717, 1.165) is 12.1 Å². The van der Waals surface area contributed by atoms with Crippen LogP contribution < -0.4 is 10.6 Å². The highest BCUT2D eigenvalue weighted by Crippen LogP contribution is 2.31. The third-order valence-corrected chi connectivity index (χ3v) is 3.23. The standard InChI is InChI=1S/C12H16N4O3/c1-8-5-14-9(6-13-8)7-15-11(19)16-12(10(17)18)3-2-4-12/h5-6H,2-4,7H2,1H3,(H,17,18)(H2,15,16,19). The van der Waals surface area contributed by atoms with Crippen molar-refractivity contribution < 1.29 is 14.7 Å².